The molecule has 0 fully saturated rings. The van der Waals surface area contributed by atoms with E-state index in [0.717, 1.165) is 16.8 Å². The molecule has 14 heavy (non-hydrogen) atoms. The maximum atomic E-state index is 5.31. The van der Waals surface area contributed by atoms with Crippen molar-refractivity contribution in [2.75, 3.05) is 13.7 Å². The molecule has 2 nitrogen and oxygen atoms in total. The average molecular weight is 258 g/mol. The Kier molecular flexibility index (Phi) is 4.42. The molecule has 0 aliphatic heterocycles. The number of rotatable bonds is 4. The summed E-state index contributed by atoms with van der Waals surface area (Å²) in [7, 11) is 1.70. The van der Waals surface area contributed by atoms with E-state index in [1.54, 1.807) is 7.11 Å². The van der Waals surface area contributed by atoms with Gasteiger partial charge in [0.1, 0.15) is 5.75 Å². The molecule has 1 unspecified atom stereocenters. The van der Waals surface area contributed by atoms with Crippen LogP contribution in [0.3, 0.4) is 0 Å². The lowest BCUT2D eigenvalue weighted by Crippen LogP contribution is -2.18. The minimum absolute atomic E-state index is 0.312. The van der Waals surface area contributed by atoms with Crippen molar-refractivity contribution in [2.45, 2.75) is 19.9 Å². The van der Waals surface area contributed by atoms with Crippen molar-refractivity contribution < 1.29 is 4.74 Å². The van der Waals surface area contributed by atoms with Crippen LogP contribution in [0.5, 0.6) is 5.75 Å². The molecular formula is C11H16BrNO. The van der Waals surface area contributed by atoms with Crippen molar-refractivity contribution in [3.63, 3.8) is 0 Å². The number of ether oxygens (including phenoxy) is 1. The quantitative estimate of drug-likeness (QED) is 0.895. The molecule has 0 aromatic heterocycles. The molecule has 1 atom stereocenters. The van der Waals surface area contributed by atoms with E-state index in [0.29, 0.717) is 6.04 Å². The van der Waals surface area contributed by atoms with Gasteiger partial charge in [0.25, 0.3) is 0 Å². The van der Waals surface area contributed by atoms with Crippen LogP contribution >= 0.6 is 15.9 Å². The molecule has 3 heteroatoms. The third-order valence-electron chi connectivity index (χ3n) is 2.17. The molecule has 1 aromatic rings. The molecule has 1 aromatic carbocycles. The average Bonchev–Trinajstić information content (AvgIpc) is 2.18. The van der Waals surface area contributed by atoms with Gasteiger partial charge in [-0.25, -0.2) is 0 Å². The lowest BCUT2D eigenvalue weighted by atomic mass is 10.1. The Hall–Kier alpha value is -0.540. The van der Waals surface area contributed by atoms with E-state index >= 15 is 0 Å². The van der Waals surface area contributed by atoms with Crippen molar-refractivity contribution in [2.24, 2.45) is 0 Å². The van der Waals surface area contributed by atoms with E-state index < -0.39 is 0 Å². The summed E-state index contributed by atoms with van der Waals surface area (Å²) in [6, 6.07) is 6.37. The fraction of sp³-hybridized carbons (Fsp3) is 0.455. The predicted octanol–water partition coefficient (Wildman–Crippen LogP) is 3.13. The van der Waals surface area contributed by atoms with Crippen LogP contribution in [0.2, 0.25) is 0 Å². The Labute approximate surface area is 93.8 Å². The molecule has 0 amide bonds. The van der Waals surface area contributed by atoms with Crippen molar-refractivity contribution in [1.82, 2.24) is 5.32 Å². The van der Waals surface area contributed by atoms with E-state index in [4.69, 9.17) is 4.74 Å². The van der Waals surface area contributed by atoms with E-state index in [-0.39, 0.29) is 0 Å². The van der Waals surface area contributed by atoms with Crippen LogP contribution in [0, 0.1) is 0 Å². The van der Waals surface area contributed by atoms with Crippen molar-refractivity contribution in [1.29, 1.82) is 0 Å². The summed E-state index contributed by atoms with van der Waals surface area (Å²) in [5, 5.41) is 3.36. The third kappa shape index (κ3) is 2.72. The molecule has 0 radical (unpaired) electrons. The molecule has 0 aliphatic carbocycles. The van der Waals surface area contributed by atoms with E-state index in [1.807, 2.05) is 12.1 Å². The maximum absolute atomic E-state index is 5.31. The standard InChI is InChI=1S/C11H16BrNO/c1-4-13-8(2)10-7-9(12)5-6-11(10)14-3/h5-8,13H,4H2,1-3H3. The Bertz CT molecular complexity index is 301. The summed E-state index contributed by atoms with van der Waals surface area (Å²) in [5.41, 5.74) is 1.18. The highest BCUT2D eigenvalue weighted by atomic mass is 79.9. The number of halogens is 1. The van der Waals surface area contributed by atoms with E-state index in [2.05, 4.69) is 41.2 Å². The number of nitrogens with one attached hydrogen (secondary N) is 1. The summed E-state index contributed by atoms with van der Waals surface area (Å²) >= 11 is 3.46. The first-order valence-corrected chi connectivity index (χ1v) is 5.55. The first kappa shape index (κ1) is 11.5. The monoisotopic (exact) mass is 257 g/mol. The summed E-state index contributed by atoms with van der Waals surface area (Å²) in [5.74, 6) is 0.932. The molecule has 0 bridgehead atoms. The van der Waals surface area contributed by atoms with Crippen molar-refractivity contribution >= 4 is 15.9 Å². The zero-order valence-electron chi connectivity index (χ0n) is 8.80. The lowest BCUT2D eigenvalue weighted by molar-refractivity contribution is 0.402. The molecule has 0 saturated heterocycles. The largest absolute Gasteiger partial charge is 0.496 e. The van der Waals surface area contributed by atoms with Gasteiger partial charge < -0.3 is 10.1 Å². The molecule has 78 valence electrons. The van der Waals surface area contributed by atoms with Crippen LogP contribution < -0.4 is 10.1 Å². The van der Waals surface area contributed by atoms with Gasteiger partial charge in [0, 0.05) is 16.1 Å². The zero-order chi connectivity index (χ0) is 10.6. The van der Waals surface area contributed by atoms with Gasteiger partial charge in [-0.3, -0.25) is 0 Å². The summed E-state index contributed by atoms with van der Waals surface area (Å²) in [6.45, 7) is 5.19. The van der Waals surface area contributed by atoms with Crippen LogP contribution in [0.15, 0.2) is 22.7 Å². The second kappa shape index (κ2) is 5.37. The summed E-state index contributed by atoms with van der Waals surface area (Å²) < 4.78 is 6.39. The highest BCUT2D eigenvalue weighted by Gasteiger charge is 2.10. The maximum Gasteiger partial charge on any atom is 0.123 e. The topological polar surface area (TPSA) is 21.3 Å². The zero-order valence-corrected chi connectivity index (χ0v) is 10.4. The number of methoxy groups -OCH3 is 1. The van der Waals surface area contributed by atoms with Crippen molar-refractivity contribution in [3.8, 4) is 5.75 Å². The molecule has 0 saturated carbocycles. The number of benzene rings is 1. The van der Waals surface area contributed by atoms with Crippen LogP contribution in [0.25, 0.3) is 0 Å². The Morgan fingerprint density at radius 2 is 2.21 bits per heavy atom. The fourth-order valence-corrected chi connectivity index (χ4v) is 1.84. The van der Waals surface area contributed by atoms with Gasteiger partial charge in [-0.15, -0.1) is 0 Å². The predicted molar refractivity (Wildman–Crippen MR) is 62.8 cm³/mol. The first-order chi connectivity index (χ1) is 6.69. The van der Waals surface area contributed by atoms with E-state index in [1.165, 1.54) is 5.56 Å². The molecule has 0 heterocycles. The minimum Gasteiger partial charge on any atom is -0.496 e. The van der Waals surface area contributed by atoms with Gasteiger partial charge in [-0.1, -0.05) is 22.9 Å². The molecule has 1 rings (SSSR count). The van der Waals surface area contributed by atoms with Gasteiger partial charge in [0.05, 0.1) is 7.11 Å². The van der Waals surface area contributed by atoms with Gasteiger partial charge in [0.15, 0.2) is 0 Å². The third-order valence-corrected chi connectivity index (χ3v) is 2.66. The van der Waals surface area contributed by atoms with Crippen LogP contribution in [0.1, 0.15) is 25.5 Å². The van der Waals surface area contributed by atoms with Gasteiger partial charge in [-0.2, -0.15) is 0 Å². The molecule has 0 aliphatic rings. The normalized spacial score (nSPS) is 12.6. The smallest absolute Gasteiger partial charge is 0.123 e. The highest BCUT2D eigenvalue weighted by Crippen LogP contribution is 2.28. The number of hydrogen-bond acceptors (Lipinski definition) is 2. The van der Waals surface area contributed by atoms with Gasteiger partial charge in [-0.05, 0) is 31.7 Å². The number of hydrogen-bond donors (Lipinski definition) is 1. The van der Waals surface area contributed by atoms with Crippen LogP contribution in [-0.4, -0.2) is 13.7 Å². The molecule has 1 N–H and O–H groups in total. The minimum atomic E-state index is 0.312. The summed E-state index contributed by atoms with van der Waals surface area (Å²) in [6.07, 6.45) is 0. The lowest BCUT2D eigenvalue weighted by Gasteiger charge is -2.16. The van der Waals surface area contributed by atoms with Crippen LogP contribution in [0.4, 0.5) is 0 Å². The van der Waals surface area contributed by atoms with Crippen LogP contribution in [-0.2, 0) is 0 Å². The fourth-order valence-electron chi connectivity index (χ4n) is 1.46. The summed E-state index contributed by atoms with van der Waals surface area (Å²) in [4.78, 5) is 0. The van der Waals surface area contributed by atoms with E-state index in [9.17, 15) is 0 Å². The molecule has 0 spiro atoms. The Morgan fingerprint density at radius 3 is 2.79 bits per heavy atom. The highest BCUT2D eigenvalue weighted by molar-refractivity contribution is 9.10. The molecular weight excluding hydrogens is 242 g/mol. The Morgan fingerprint density at radius 1 is 1.50 bits per heavy atom. The second-order valence-corrected chi connectivity index (χ2v) is 4.08. The van der Waals surface area contributed by atoms with Gasteiger partial charge >= 0.3 is 0 Å². The first-order valence-electron chi connectivity index (χ1n) is 4.75. The SMILES string of the molecule is CCNC(C)c1cc(Br)ccc1OC. The van der Waals surface area contributed by atoms with Crippen molar-refractivity contribution in [3.05, 3.63) is 28.2 Å². The Balaban J connectivity index is 2.97. The van der Waals surface area contributed by atoms with Gasteiger partial charge in [0.2, 0.25) is 0 Å². The second-order valence-electron chi connectivity index (χ2n) is 3.17.